The van der Waals surface area contributed by atoms with Crippen molar-refractivity contribution in [2.24, 2.45) is 0 Å². The summed E-state index contributed by atoms with van der Waals surface area (Å²) in [5.41, 5.74) is 18.2. The first-order chi connectivity index (χ1) is 29.9. The Bertz CT molecular complexity index is 3170. The fourth-order valence-electron chi connectivity index (χ4n) is 10.9. The van der Waals surface area contributed by atoms with E-state index in [1.165, 1.54) is 73.9 Å². The van der Waals surface area contributed by atoms with E-state index in [-0.39, 0.29) is 11.5 Å². The van der Waals surface area contributed by atoms with Gasteiger partial charge in [0.1, 0.15) is 23.0 Å². The molecule has 4 heteroatoms. The molecule has 0 amide bonds. The fraction of sp³-hybridized carbons (Fsp3) is 0.193. The van der Waals surface area contributed by atoms with Gasteiger partial charge in [0.25, 0.3) is 0 Å². The molecule has 0 saturated heterocycles. The molecule has 0 spiro atoms. The summed E-state index contributed by atoms with van der Waals surface area (Å²) >= 11 is 0. The molecule has 1 aromatic heterocycles. The number of aryl methyl sites for hydroxylation is 3. The maximum Gasteiger partial charge on any atom is 0.135 e. The molecule has 0 bridgehead atoms. The Hall–Kier alpha value is -6.78. The average molecular weight is 793 g/mol. The highest BCUT2D eigenvalue weighted by Gasteiger charge is 2.44. The Labute approximate surface area is 357 Å². The van der Waals surface area contributed by atoms with Crippen molar-refractivity contribution >= 4 is 72.9 Å². The highest BCUT2D eigenvalue weighted by Crippen LogP contribution is 2.52. The minimum Gasteiger partial charge on any atom is -0.485 e. The molecule has 0 saturated carbocycles. The number of para-hydroxylation sites is 2. The van der Waals surface area contributed by atoms with Crippen LogP contribution in [0.1, 0.15) is 66.5 Å². The van der Waals surface area contributed by atoms with Crippen molar-refractivity contribution in [2.45, 2.75) is 70.8 Å². The van der Waals surface area contributed by atoms with Gasteiger partial charge in [-0.1, -0.05) is 77.9 Å². The number of nitrogens with zero attached hydrogens (tertiary/aromatic N) is 2. The van der Waals surface area contributed by atoms with Crippen molar-refractivity contribution in [2.75, 3.05) is 9.80 Å². The highest BCUT2D eigenvalue weighted by atomic mass is 16.5. The second-order valence-corrected chi connectivity index (χ2v) is 17.8. The van der Waals surface area contributed by atoms with Crippen LogP contribution in [0.5, 0.6) is 5.75 Å². The van der Waals surface area contributed by atoms with E-state index in [9.17, 15) is 0 Å². The Kier molecular flexibility index (Phi) is 8.22. The zero-order chi connectivity index (χ0) is 40.8. The van der Waals surface area contributed by atoms with E-state index in [0.29, 0.717) is 0 Å². The van der Waals surface area contributed by atoms with Gasteiger partial charge < -0.3 is 19.0 Å². The lowest BCUT2D eigenvalue weighted by molar-refractivity contribution is 0.227. The number of anilines is 6. The van der Waals surface area contributed by atoms with Gasteiger partial charge in [0.2, 0.25) is 0 Å². The number of hydrogen-bond acceptors (Lipinski definition) is 4. The van der Waals surface area contributed by atoms with E-state index in [1.807, 2.05) is 0 Å². The molecule has 4 aliphatic rings. The Morgan fingerprint density at radius 3 is 2.02 bits per heavy atom. The van der Waals surface area contributed by atoms with Crippen molar-refractivity contribution < 1.29 is 9.15 Å². The molecule has 0 fully saturated rings. The predicted molar refractivity (Wildman–Crippen MR) is 254 cm³/mol. The van der Waals surface area contributed by atoms with Gasteiger partial charge in [-0.05, 0) is 178 Å². The maximum atomic E-state index is 6.58. The zero-order valence-corrected chi connectivity index (χ0v) is 35.0. The van der Waals surface area contributed by atoms with Gasteiger partial charge in [0.15, 0.2) is 0 Å². The fourth-order valence-corrected chi connectivity index (χ4v) is 10.9. The van der Waals surface area contributed by atoms with Crippen LogP contribution in [0.4, 0.5) is 34.1 Å². The number of fused-ring (bicyclic) bond motifs is 11. The van der Waals surface area contributed by atoms with Crippen LogP contribution in [0.15, 0.2) is 162 Å². The Balaban J connectivity index is 1.09. The van der Waals surface area contributed by atoms with Crippen molar-refractivity contribution in [3.05, 3.63) is 191 Å². The maximum absolute atomic E-state index is 6.58. The van der Waals surface area contributed by atoms with Crippen molar-refractivity contribution in [3.63, 3.8) is 0 Å². The molecule has 12 rings (SSSR count). The monoisotopic (exact) mass is 792 g/mol. The molecular weight excluding hydrogens is 745 g/mol. The second kappa shape index (κ2) is 13.9. The lowest BCUT2D eigenvalue weighted by atomic mass is 9.75. The summed E-state index contributed by atoms with van der Waals surface area (Å²) in [7, 11) is 0. The molecule has 2 heterocycles. The van der Waals surface area contributed by atoms with Crippen molar-refractivity contribution in [3.8, 4) is 5.75 Å². The number of hydrogen-bond donors (Lipinski definition) is 0. The minimum atomic E-state index is -0.233. The SMILES string of the molecule is CC1=CC2(C)c3cc(N(c4ccccc4)c4cc5c6c(c(N(c7ccccc7)c7ccc8oc9ccc(C)cc9c8c7)cc5c5c4C=CCC5)CCCC6)ccc3OC2C=C1. The first-order valence-corrected chi connectivity index (χ1v) is 22.0. The molecule has 3 aliphatic carbocycles. The standard InChI is InChI=1S/C57H48N2O2/c1-36-22-26-53-48(30-36)49-31-40(24-27-54(49)60-53)58(38-14-6-4-7-15-38)51-33-46-43-19-11-13-21-45(43)52(34-47(46)42-18-10-12-20-44(42)51)59(39-16-8-5-9-17-39)41-25-28-55-50(32-41)57(3)35-37(2)23-29-56(57)61-55/h4-9,13-17,21-35,56H,10-12,18-20H2,1-3H3. The molecule has 2 atom stereocenters. The first kappa shape index (κ1) is 36.1. The Morgan fingerprint density at radius 2 is 1.23 bits per heavy atom. The number of benzene rings is 7. The van der Waals surface area contributed by atoms with Crippen LogP contribution >= 0.6 is 0 Å². The number of furan rings is 1. The third-order valence-electron chi connectivity index (χ3n) is 13.8. The van der Waals surface area contributed by atoms with Crippen molar-refractivity contribution in [1.29, 1.82) is 0 Å². The van der Waals surface area contributed by atoms with Gasteiger partial charge in [0.05, 0.1) is 16.8 Å². The molecule has 1 aliphatic heterocycles. The normalized spacial score (nSPS) is 18.7. The first-order valence-electron chi connectivity index (χ1n) is 22.0. The molecule has 4 nitrogen and oxygen atoms in total. The second-order valence-electron chi connectivity index (χ2n) is 17.8. The highest BCUT2D eigenvalue weighted by molar-refractivity contribution is 6.08. The predicted octanol–water partition coefficient (Wildman–Crippen LogP) is 15.4. The molecule has 0 radical (unpaired) electrons. The van der Waals surface area contributed by atoms with Crippen LogP contribution in [0, 0.1) is 6.92 Å². The van der Waals surface area contributed by atoms with Crippen LogP contribution in [-0.4, -0.2) is 6.10 Å². The lowest BCUT2D eigenvalue weighted by Gasteiger charge is -2.34. The van der Waals surface area contributed by atoms with E-state index in [1.54, 1.807) is 0 Å². The summed E-state index contributed by atoms with van der Waals surface area (Å²) in [6.45, 7) is 6.67. The van der Waals surface area contributed by atoms with Crippen LogP contribution < -0.4 is 14.5 Å². The van der Waals surface area contributed by atoms with Gasteiger partial charge in [0, 0.05) is 44.6 Å². The van der Waals surface area contributed by atoms with Gasteiger partial charge in [-0.15, -0.1) is 0 Å². The summed E-state index contributed by atoms with van der Waals surface area (Å²) in [6, 6.07) is 47.1. The zero-order valence-electron chi connectivity index (χ0n) is 35.0. The van der Waals surface area contributed by atoms with Crippen LogP contribution in [-0.2, 0) is 24.7 Å². The summed E-state index contributed by atoms with van der Waals surface area (Å²) in [5.74, 6) is 0.972. The van der Waals surface area contributed by atoms with E-state index < -0.39 is 0 Å². The largest absolute Gasteiger partial charge is 0.485 e. The van der Waals surface area contributed by atoms with E-state index in [2.05, 4.69) is 188 Å². The van der Waals surface area contributed by atoms with E-state index >= 15 is 0 Å². The van der Waals surface area contributed by atoms with Gasteiger partial charge in [-0.3, -0.25) is 0 Å². The van der Waals surface area contributed by atoms with Gasteiger partial charge in [-0.25, -0.2) is 0 Å². The summed E-state index contributed by atoms with van der Waals surface area (Å²) < 4.78 is 13.0. The smallest absolute Gasteiger partial charge is 0.135 e. The molecule has 298 valence electrons. The third kappa shape index (κ3) is 5.72. The summed E-state index contributed by atoms with van der Waals surface area (Å²) in [4.78, 5) is 5.02. The molecule has 8 aromatic rings. The van der Waals surface area contributed by atoms with Crippen LogP contribution in [0.25, 0.3) is 38.8 Å². The summed E-state index contributed by atoms with van der Waals surface area (Å²) in [6.07, 6.45) is 18.0. The van der Waals surface area contributed by atoms with Gasteiger partial charge >= 0.3 is 0 Å². The van der Waals surface area contributed by atoms with E-state index in [0.717, 1.165) is 76.1 Å². The third-order valence-corrected chi connectivity index (χ3v) is 13.8. The number of rotatable bonds is 6. The summed E-state index contributed by atoms with van der Waals surface area (Å²) in [5, 5.41) is 5.06. The molecule has 2 unspecified atom stereocenters. The lowest BCUT2D eigenvalue weighted by Crippen LogP contribution is -2.33. The molecule has 7 aromatic carbocycles. The topological polar surface area (TPSA) is 28.9 Å². The van der Waals surface area contributed by atoms with Gasteiger partial charge in [-0.2, -0.15) is 0 Å². The van der Waals surface area contributed by atoms with Crippen molar-refractivity contribution in [1.82, 2.24) is 0 Å². The molecule has 0 N–H and O–H groups in total. The quantitative estimate of drug-likeness (QED) is 0.168. The van der Waals surface area contributed by atoms with Crippen LogP contribution in [0.2, 0.25) is 0 Å². The molecule has 61 heavy (non-hydrogen) atoms. The van der Waals surface area contributed by atoms with Crippen LogP contribution in [0.3, 0.4) is 0 Å². The number of ether oxygens (including phenoxy) is 1. The minimum absolute atomic E-state index is 0.00991. The molecular formula is C57H48N2O2. The Morgan fingerprint density at radius 1 is 0.574 bits per heavy atom. The number of allylic oxidation sites excluding steroid dienone is 3. The average Bonchev–Trinajstić information content (AvgIpc) is 3.80. The van der Waals surface area contributed by atoms with E-state index in [4.69, 9.17) is 9.15 Å².